The normalized spacial score (nSPS) is 16.1. The fourth-order valence-electron chi connectivity index (χ4n) is 1.92. The maximum Gasteiger partial charge on any atom is 0.0637 e. The minimum atomic E-state index is -0.0548. The summed E-state index contributed by atoms with van der Waals surface area (Å²) in [6, 6.07) is 3.04. The van der Waals surface area contributed by atoms with E-state index in [1.54, 1.807) is 18.4 Å². The van der Waals surface area contributed by atoms with E-state index in [0.717, 1.165) is 6.42 Å². The molecular weight excluding hydrogens is 218 g/mol. The summed E-state index contributed by atoms with van der Waals surface area (Å²) >= 11 is 1.75. The van der Waals surface area contributed by atoms with Crippen molar-refractivity contribution in [2.45, 2.75) is 51.8 Å². The highest BCUT2D eigenvalue weighted by Crippen LogP contribution is 2.20. The van der Waals surface area contributed by atoms with Gasteiger partial charge in [-0.1, -0.05) is 0 Å². The lowest BCUT2D eigenvalue weighted by Crippen LogP contribution is -2.36. The highest BCUT2D eigenvalue weighted by Gasteiger charge is 2.21. The zero-order chi connectivity index (χ0) is 12.2. The van der Waals surface area contributed by atoms with E-state index in [2.05, 4.69) is 49.8 Å². The Hall–Kier alpha value is -0.380. The van der Waals surface area contributed by atoms with Crippen LogP contribution in [0.2, 0.25) is 0 Å². The summed E-state index contributed by atoms with van der Waals surface area (Å²) in [5.74, 6) is 0. The van der Waals surface area contributed by atoms with Crippen molar-refractivity contribution in [2.75, 3.05) is 7.11 Å². The van der Waals surface area contributed by atoms with Crippen LogP contribution in [-0.4, -0.2) is 18.8 Å². The van der Waals surface area contributed by atoms with Gasteiger partial charge in [-0.05, 0) is 56.5 Å². The van der Waals surface area contributed by atoms with Gasteiger partial charge in [-0.25, -0.2) is 0 Å². The second kappa shape index (κ2) is 5.80. The molecule has 92 valence electrons. The van der Waals surface area contributed by atoms with E-state index in [-0.39, 0.29) is 5.60 Å². The molecule has 0 saturated heterocycles. The van der Waals surface area contributed by atoms with Gasteiger partial charge >= 0.3 is 0 Å². The molecule has 0 fully saturated rings. The number of nitrogens with one attached hydrogen (secondary N) is 1. The molecule has 0 amide bonds. The van der Waals surface area contributed by atoms with E-state index >= 15 is 0 Å². The van der Waals surface area contributed by atoms with E-state index in [0.29, 0.717) is 12.1 Å². The summed E-state index contributed by atoms with van der Waals surface area (Å²) < 4.78 is 5.44. The van der Waals surface area contributed by atoms with Crippen molar-refractivity contribution in [1.29, 1.82) is 0 Å². The van der Waals surface area contributed by atoms with Gasteiger partial charge in [0.1, 0.15) is 0 Å². The SMILES string of the molecule is COC(C)(C)CC(C)NC(C)c1ccsc1. The fraction of sp³-hybridized carbons (Fsp3) is 0.692. The van der Waals surface area contributed by atoms with Gasteiger partial charge in [0, 0.05) is 19.2 Å². The maximum absolute atomic E-state index is 5.44. The van der Waals surface area contributed by atoms with Crippen molar-refractivity contribution < 1.29 is 4.74 Å². The molecule has 2 atom stereocenters. The molecule has 3 heteroatoms. The third-order valence-corrected chi connectivity index (χ3v) is 3.63. The van der Waals surface area contributed by atoms with E-state index in [9.17, 15) is 0 Å². The summed E-state index contributed by atoms with van der Waals surface area (Å²) in [6.07, 6.45) is 1.01. The van der Waals surface area contributed by atoms with Crippen LogP contribution in [0.1, 0.15) is 45.7 Å². The van der Waals surface area contributed by atoms with Crippen molar-refractivity contribution in [2.24, 2.45) is 0 Å². The molecule has 16 heavy (non-hydrogen) atoms. The largest absolute Gasteiger partial charge is 0.379 e. The molecule has 1 aromatic rings. The number of ether oxygens (including phenoxy) is 1. The van der Waals surface area contributed by atoms with Gasteiger partial charge in [0.15, 0.2) is 0 Å². The first-order valence-electron chi connectivity index (χ1n) is 5.78. The summed E-state index contributed by atoms with van der Waals surface area (Å²) in [5.41, 5.74) is 1.31. The van der Waals surface area contributed by atoms with Crippen LogP contribution >= 0.6 is 11.3 Å². The van der Waals surface area contributed by atoms with Gasteiger partial charge in [0.05, 0.1) is 5.60 Å². The molecule has 1 aromatic heterocycles. The van der Waals surface area contributed by atoms with E-state index in [4.69, 9.17) is 4.74 Å². The standard InChI is InChI=1S/C13H23NOS/c1-10(8-13(3,4)15-5)14-11(2)12-6-7-16-9-12/h6-7,9-11,14H,8H2,1-5H3. The third kappa shape index (κ3) is 4.24. The number of rotatable bonds is 6. The van der Waals surface area contributed by atoms with E-state index in [1.165, 1.54) is 5.56 Å². The third-order valence-electron chi connectivity index (χ3n) is 2.93. The van der Waals surface area contributed by atoms with Crippen LogP contribution in [0.25, 0.3) is 0 Å². The lowest BCUT2D eigenvalue weighted by molar-refractivity contribution is 0.00783. The Kier molecular flexibility index (Phi) is 4.96. The van der Waals surface area contributed by atoms with Crippen LogP contribution in [0.15, 0.2) is 16.8 Å². The zero-order valence-electron chi connectivity index (χ0n) is 10.9. The Labute approximate surface area is 103 Å². The molecule has 0 aromatic carbocycles. The number of hydrogen-bond donors (Lipinski definition) is 1. The van der Waals surface area contributed by atoms with Crippen molar-refractivity contribution in [3.63, 3.8) is 0 Å². The molecule has 1 N–H and O–H groups in total. The predicted molar refractivity (Wildman–Crippen MR) is 71.0 cm³/mol. The monoisotopic (exact) mass is 241 g/mol. The Morgan fingerprint density at radius 1 is 1.44 bits per heavy atom. The highest BCUT2D eigenvalue weighted by molar-refractivity contribution is 7.07. The maximum atomic E-state index is 5.44. The zero-order valence-corrected chi connectivity index (χ0v) is 11.7. The van der Waals surface area contributed by atoms with Gasteiger partial charge in [0.25, 0.3) is 0 Å². The van der Waals surface area contributed by atoms with E-state index in [1.807, 2.05) is 0 Å². The molecule has 0 aliphatic heterocycles. The van der Waals surface area contributed by atoms with Gasteiger partial charge in [0.2, 0.25) is 0 Å². The summed E-state index contributed by atoms with van der Waals surface area (Å²) in [6.45, 7) is 8.67. The topological polar surface area (TPSA) is 21.3 Å². The lowest BCUT2D eigenvalue weighted by Gasteiger charge is -2.28. The highest BCUT2D eigenvalue weighted by atomic mass is 32.1. The van der Waals surface area contributed by atoms with Crippen molar-refractivity contribution in [1.82, 2.24) is 5.32 Å². The molecule has 0 bridgehead atoms. The van der Waals surface area contributed by atoms with Crippen molar-refractivity contribution in [3.8, 4) is 0 Å². The van der Waals surface area contributed by atoms with Crippen LogP contribution in [0, 0.1) is 0 Å². The second-order valence-electron chi connectivity index (χ2n) is 5.01. The molecule has 0 aliphatic carbocycles. The Bertz CT molecular complexity index is 295. The Morgan fingerprint density at radius 3 is 2.62 bits per heavy atom. The molecule has 2 nitrogen and oxygen atoms in total. The molecule has 0 aliphatic rings. The number of thiophene rings is 1. The van der Waals surface area contributed by atoms with Gasteiger partial charge in [-0.3, -0.25) is 0 Å². The first-order chi connectivity index (χ1) is 7.44. The quantitative estimate of drug-likeness (QED) is 0.821. The van der Waals surface area contributed by atoms with Crippen molar-refractivity contribution >= 4 is 11.3 Å². The van der Waals surface area contributed by atoms with Crippen LogP contribution in [-0.2, 0) is 4.74 Å². The molecular formula is C13H23NOS. The number of hydrogen-bond acceptors (Lipinski definition) is 3. The average molecular weight is 241 g/mol. The minimum absolute atomic E-state index is 0.0548. The summed E-state index contributed by atoms with van der Waals surface area (Å²) in [5, 5.41) is 7.92. The second-order valence-corrected chi connectivity index (χ2v) is 5.79. The molecule has 2 unspecified atom stereocenters. The molecule has 1 heterocycles. The minimum Gasteiger partial charge on any atom is -0.379 e. The summed E-state index contributed by atoms with van der Waals surface area (Å²) in [7, 11) is 1.77. The predicted octanol–water partition coefficient (Wildman–Crippen LogP) is 3.60. The molecule has 0 radical (unpaired) electrons. The number of methoxy groups -OCH3 is 1. The molecule has 0 spiro atoms. The molecule has 0 saturated carbocycles. The molecule has 1 rings (SSSR count). The van der Waals surface area contributed by atoms with Gasteiger partial charge in [-0.2, -0.15) is 11.3 Å². The van der Waals surface area contributed by atoms with Crippen LogP contribution in [0.5, 0.6) is 0 Å². The van der Waals surface area contributed by atoms with Crippen LogP contribution in [0.4, 0.5) is 0 Å². The summed E-state index contributed by atoms with van der Waals surface area (Å²) in [4.78, 5) is 0. The average Bonchev–Trinajstić information content (AvgIpc) is 2.69. The smallest absolute Gasteiger partial charge is 0.0637 e. The lowest BCUT2D eigenvalue weighted by atomic mass is 9.99. The van der Waals surface area contributed by atoms with Crippen molar-refractivity contribution in [3.05, 3.63) is 22.4 Å². The van der Waals surface area contributed by atoms with Crippen LogP contribution in [0.3, 0.4) is 0 Å². The van der Waals surface area contributed by atoms with Gasteiger partial charge < -0.3 is 10.1 Å². The van der Waals surface area contributed by atoms with E-state index < -0.39 is 0 Å². The Balaban J connectivity index is 2.43. The first kappa shape index (κ1) is 13.7. The van der Waals surface area contributed by atoms with Crippen LogP contribution < -0.4 is 5.32 Å². The first-order valence-corrected chi connectivity index (χ1v) is 6.72. The van der Waals surface area contributed by atoms with Gasteiger partial charge in [-0.15, -0.1) is 0 Å². The Morgan fingerprint density at radius 2 is 2.12 bits per heavy atom. The fourth-order valence-corrected chi connectivity index (χ4v) is 2.68.